The number of rotatable bonds is 6. The topological polar surface area (TPSA) is 66.3 Å². The summed E-state index contributed by atoms with van der Waals surface area (Å²) in [6.45, 7) is 5.83. The monoisotopic (exact) mass is 409 g/mol. The maximum Gasteiger partial charge on any atom is 0.329 e. The molecule has 2 aromatic carbocycles. The predicted octanol–water partition coefficient (Wildman–Crippen LogP) is 1.21. The van der Waals surface area contributed by atoms with E-state index >= 15 is 0 Å². The quantitative estimate of drug-likeness (QED) is 0.704. The number of anilines is 1. The second-order valence-corrected chi connectivity index (χ2v) is 7.88. The Morgan fingerprint density at radius 1 is 1.03 bits per heavy atom. The summed E-state index contributed by atoms with van der Waals surface area (Å²) < 4.78 is 5.23. The van der Waals surface area contributed by atoms with Crippen LogP contribution in [-0.4, -0.2) is 56.8 Å². The lowest BCUT2D eigenvalue weighted by atomic mass is 9.87. The Hall–Kier alpha value is -3.06. The molecule has 158 valence electrons. The highest BCUT2D eigenvalue weighted by Crippen LogP contribution is 2.31. The highest BCUT2D eigenvalue weighted by atomic mass is 16.5. The number of methoxy groups -OCH3 is 1. The molecular weight excluding hydrogens is 380 g/mol. The number of benzene rings is 2. The number of nitrogens with one attached hydrogen (secondary N) is 2. The number of carbonyl (C=O) groups excluding carboxylic acids is 2. The molecule has 0 aromatic heterocycles. The molecule has 0 bridgehead atoms. The first-order chi connectivity index (χ1) is 14.6. The zero-order valence-electron chi connectivity index (χ0n) is 17.6. The molecular formula is C23H29N4O3+. The van der Waals surface area contributed by atoms with Crippen LogP contribution in [0.25, 0.3) is 0 Å². The van der Waals surface area contributed by atoms with Crippen molar-refractivity contribution in [3.05, 3.63) is 60.2 Å². The molecule has 0 spiro atoms. The first kappa shape index (κ1) is 20.2. The SMILES string of the molecule is CC[C@]1(c2ccccc2)NC(=O)N(C[NH+]2CCN(c3ccc(OC)cc3)CC2)C1=O. The van der Waals surface area contributed by atoms with Gasteiger partial charge in [0.1, 0.15) is 11.3 Å². The molecule has 0 aliphatic carbocycles. The van der Waals surface area contributed by atoms with E-state index in [2.05, 4.69) is 22.3 Å². The molecule has 0 saturated carbocycles. The number of carbonyl (C=O) groups is 2. The number of amides is 3. The smallest absolute Gasteiger partial charge is 0.329 e. The Morgan fingerprint density at radius 2 is 1.70 bits per heavy atom. The molecule has 7 nitrogen and oxygen atoms in total. The Labute approximate surface area is 177 Å². The predicted molar refractivity (Wildman–Crippen MR) is 115 cm³/mol. The fourth-order valence-electron chi connectivity index (χ4n) is 4.39. The minimum Gasteiger partial charge on any atom is -0.497 e. The van der Waals surface area contributed by atoms with Crippen LogP contribution in [0, 0.1) is 0 Å². The maximum absolute atomic E-state index is 13.3. The molecule has 2 aliphatic heterocycles. The zero-order valence-corrected chi connectivity index (χ0v) is 17.6. The van der Waals surface area contributed by atoms with Crippen LogP contribution in [0.5, 0.6) is 5.75 Å². The van der Waals surface area contributed by atoms with E-state index in [1.54, 1.807) is 7.11 Å². The average Bonchev–Trinajstić information content (AvgIpc) is 3.05. The Balaban J connectivity index is 1.40. The van der Waals surface area contributed by atoms with Crippen molar-refractivity contribution in [2.45, 2.75) is 18.9 Å². The van der Waals surface area contributed by atoms with E-state index < -0.39 is 5.54 Å². The summed E-state index contributed by atoms with van der Waals surface area (Å²) in [6, 6.07) is 17.3. The van der Waals surface area contributed by atoms with Gasteiger partial charge in [-0.3, -0.25) is 4.79 Å². The number of imide groups is 1. The molecule has 7 heteroatoms. The van der Waals surface area contributed by atoms with Crippen LogP contribution in [-0.2, 0) is 10.3 Å². The van der Waals surface area contributed by atoms with Gasteiger partial charge in [-0.15, -0.1) is 0 Å². The summed E-state index contributed by atoms with van der Waals surface area (Å²) in [5.41, 5.74) is 1.05. The van der Waals surface area contributed by atoms with Crippen molar-refractivity contribution >= 4 is 17.6 Å². The van der Waals surface area contributed by atoms with Crippen LogP contribution in [0.2, 0.25) is 0 Å². The van der Waals surface area contributed by atoms with Crippen LogP contribution >= 0.6 is 0 Å². The number of nitrogens with zero attached hydrogens (tertiary/aromatic N) is 2. The maximum atomic E-state index is 13.3. The van der Waals surface area contributed by atoms with Gasteiger partial charge in [0.05, 0.1) is 33.3 Å². The van der Waals surface area contributed by atoms with E-state index in [4.69, 9.17) is 4.74 Å². The Bertz CT molecular complexity index is 894. The van der Waals surface area contributed by atoms with Crippen LogP contribution in [0.1, 0.15) is 18.9 Å². The molecule has 2 N–H and O–H groups in total. The highest BCUT2D eigenvalue weighted by Gasteiger charge is 2.52. The van der Waals surface area contributed by atoms with Crippen molar-refractivity contribution in [3.8, 4) is 5.75 Å². The van der Waals surface area contributed by atoms with Gasteiger partial charge in [-0.05, 0) is 36.2 Å². The van der Waals surface area contributed by atoms with Crippen molar-refractivity contribution < 1.29 is 19.2 Å². The zero-order chi connectivity index (χ0) is 21.1. The average molecular weight is 410 g/mol. The van der Waals surface area contributed by atoms with Crippen molar-refractivity contribution in [1.82, 2.24) is 10.2 Å². The van der Waals surface area contributed by atoms with E-state index in [0.717, 1.165) is 37.5 Å². The number of quaternary nitrogens is 1. The lowest BCUT2D eigenvalue weighted by Crippen LogP contribution is -3.16. The van der Waals surface area contributed by atoms with E-state index in [9.17, 15) is 9.59 Å². The number of hydrogen-bond acceptors (Lipinski definition) is 4. The molecule has 2 saturated heterocycles. The minimum atomic E-state index is -0.956. The van der Waals surface area contributed by atoms with Gasteiger partial charge >= 0.3 is 6.03 Å². The fraction of sp³-hybridized carbons (Fsp3) is 0.391. The summed E-state index contributed by atoms with van der Waals surface area (Å²) in [4.78, 5) is 31.0. The molecule has 3 amide bonds. The second kappa shape index (κ2) is 8.36. The van der Waals surface area contributed by atoms with E-state index in [0.29, 0.717) is 13.1 Å². The minimum absolute atomic E-state index is 0.147. The number of piperazine rings is 1. The van der Waals surface area contributed by atoms with Crippen molar-refractivity contribution in [3.63, 3.8) is 0 Å². The molecule has 0 unspecified atom stereocenters. The lowest BCUT2D eigenvalue weighted by Gasteiger charge is -2.35. The van der Waals surface area contributed by atoms with Gasteiger partial charge < -0.3 is 19.9 Å². The van der Waals surface area contributed by atoms with Crippen LogP contribution in [0.15, 0.2) is 54.6 Å². The van der Waals surface area contributed by atoms with E-state index in [-0.39, 0.29) is 11.9 Å². The third-order valence-electron chi connectivity index (χ3n) is 6.26. The molecule has 2 fully saturated rings. The third-order valence-corrected chi connectivity index (χ3v) is 6.26. The second-order valence-electron chi connectivity index (χ2n) is 7.88. The van der Waals surface area contributed by atoms with Crippen molar-refractivity contribution in [2.24, 2.45) is 0 Å². The molecule has 1 atom stereocenters. The molecule has 2 aliphatic rings. The summed E-state index contributed by atoms with van der Waals surface area (Å²) in [5, 5.41) is 2.97. The molecule has 2 aromatic rings. The van der Waals surface area contributed by atoms with Gasteiger partial charge in [0.2, 0.25) is 0 Å². The van der Waals surface area contributed by atoms with Gasteiger partial charge in [-0.1, -0.05) is 37.3 Å². The normalized spacial score (nSPS) is 22.3. The fourth-order valence-corrected chi connectivity index (χ4v) is 4.39. The van der Waals surface area contributed by atoms with Crippen molar-refractivity contribution in [1.29, 1.82) is 0 Å². The van der Waals surface area contributed by atoms with Gasteiger partial charge in [0.15, 0.2) is 6.67 Å². The standard InChI is InChI=1S/C23H28N4O3/c1-3-23(18-7-5-4-6-8-18)21(28)27(22(29)24-23)17-25-13-15-26(16-14-25)19-9-11-20(30-2)12-10-19/h4-12H,3,13-17H2,1-2H3,(H,24,29)/p+1/t23-/m1/s1. The molecule has 2 heterocycles. The van der Waals surface area contributed by atoms with Crippen molar-refractivity contribution in [2.75, 3.05) is 44.9 Å². The number of hydrogen-bond donors (Lipinski definition) is 2. The van der Waals surface area contributed by atoms with Crippen LogP contribution in [0.3, 0.4) is 0 Å². The molecule has 4 rings (SSSR count). The largest absolute Gasteiger partial charge is 0.497 e. The summed E-state index contributed by atoms with van der Waals surface area (Å²) >= 11 is 0. The van der Waals surface area contributed by atoms with Gasteiger partial charge in [-0.25, -0.2) is 9.69 Å². The van der Waals surface area contributed by atoms with Crippen LogP contribution in [0.4, 0.5) is 10.5 Å². The first-order valence-corrected chi connectivity index (χ1v) is 10.5. The molecule has 30 heavy (non-hydrogen) atoms. The Morgan fingerprint density at radius 3 is 2.30 bits per heavy atom. The van der Waals surface area contributed by atoms with Crippen LogP contribution < -0.4 is 19.9 Å². The summed E-state index contributed by atoms with van der Waals surface area (Å²) in [6.07, 6.45) is 0.526. The van der Waals surface area contributed by atoms with Gasteiger partial charge in [0, 0.05) is 5.69 Å². The summed E-state index contributed by atoms with van der Waals surface area (Å²) in [7, 11) is 1.66. The van der Waals surface area contributed by atoms with Gasteiger partial charge in [-0.2, -0.15) is 0 Å². The summed E-state index contributed by atoms with van der Waals surface area (Å²) in [5.74, 6) is 0.700. The highest BCUT2D eigenvalue weighted by molar-refractivity contribution is 6.07. The number of urea groups is 1. The van der Waals surface area contributed by atoms with Gasteiger partial charge in [0.25, 0.3) is 5.91 Å². The Kier molecular flexibility index (Phi) is 5.63. The first-order valence-electron chi connectivity index (χ1n) is 10.5. The van der Waals surface area contributed by atoms with E-state index in [1.807, 2.05) is 49.4 Å². The van der Waals surface area contributed by atoms with E-state index in [1.165, 1.54) is 15.5 Å². The lowest BCUT2D eigenvalue weighted by molar-refractivity contribution is -0.907. The number of ether oxygens (including phenoxy) is 1. The molecule has 0 radical (unpaired) electrons. The third kappa shape index (κ3) is 3.61.